The van der Waals surface area contributed by atoms with Gasteiger partial charge in [0.25, 0.3) is 0 Å². The molecule has 0 aliphatic carbocycles. The van der Waals surface area contributed by atoms with E-state index in [0.29, 0.717) is 12.6 Å². The zero-order chi connectivity index (χ0) is 15.2. The molecule has 0 bridgehead atoms. The van der Waals surface area contributed by atoms with Gasteiger partial charge in [-0.2, -0.15) is 0 Å². The van der Waals surface area contributed by atoms with E-state index in [0.717, 1.165) is 23.4 Å². The number of rotatable bonds is 6. The van der Waals surface area contributed by atoms with E-state index in [1.807, 2.05) is 18.2 Å². The van der Waals surface area contributed by atoms with Crippen molar-refractivity contribution in [2.45, 2.75) is 40.0 Å². The first-order chi connectivity index (χ1) is 10.0. The van der Waals surface area contributed by atoms with Gasteiger partial charge in [-0.15, -0.1) is 0 Å². The molecule has 0 atom stereocenters. The SMILES string of the molecule is Cc1ccc(OCc2cccc(O)c2)c(CNC(C)C)c1. The van der Waals surface area contributed by atoms with Crippen LogP contribution < -0.4 is 10.1 Å². The van der Waals surface area contributed by atoms with Crippen molar-refractivity contribution < 1.29 is 9.84 Å². The van der Waals surface area contributed by atoms with Crippen LogP contribution >= 0.6 is 0 Å². The van der Waals surface area contributed by atoms with Crippen LogP contribution in [0.1, 0.15) is 30.5 Å². The van der Waals surface area contributed by atoms with E-state index in [1.165, 1.54) is 5.56 Å². The number of hydrogen-bond donors (Lipinski definition) is 2. The Morgan fingerprint density at radius 2 is 1.95 bits per heavy atom. The van der Waals surface area contributed by atoms with Gasteiger partial charge in [0.05, 0.1) is 0 Å². The number of ether oxygens (including phenoxy) is 1. The Labute approximate surface area is 126 Å². The highest BCUT2D eigenvalue weighted by molar-refractivity contribution is 5.37. The van der Waals surface area contributed by atoms with Crippen molar-refractivity contribution in [3.8, 4) is 11.5 Å². The minimum atomic E-state index is 0.265. The van der Waals surface area contributed by atoms with Crippen molar-refractivity contribution in [3.05, 3.63) is 59.2 Å². The number of phenolic OH excluding ortho intramolecular Hbond substituents is 1. The standard InChI is InChI=1S/C18H23NO2/c1-13(2)19-11-16-9-14(3)7-8-18(16)21-12-15-5-4-6-17(20)10-15/h4-10,13,19-20H,11-12H2,1-3H3. The molecule has 3 nitrogen and oxygen atoms in total. The zero-order valence-corrected chi connectivity index (χ0v) is 12.9. The first-order valence-corrected chi connectivity index (χ1v) is 7.28. The Balaban J connectivity index is 2.08. The summed E-state index contributed by atoms with van der Waals surface area (Å²) in [5.74, 6) is 1.15. The highest BCUT2D eigenvalue weighted by Gasteiger charge is 2.06. The number of benzene rings is 2. The summed E-state index contributed by atoms with van der Waals surface area (Å²) in [5.41, 5.74) is 3.34. The van der Waals surface area contributed by atoms with Crippen LogP contribution in [-0.2, 0) is 13.2 Å². The zero-order valence-electron chi connectivity index (χ0n) is 12.9. The van der Waals surface area contributed by atoms with E-state index < -0.39 is 0 Å². The fourth-order valence-corrected chi connectivity index (χ4v) is 2.11. The summed E-state index contributed by atoms with van der Waals surface area (Å²) in [7, 11) is 0. The lowest BCUT2D eigenvalue weighted by Gasteiger charge is -2.14. The Kier molecular flexibility index (Phi) is 5.23. The predicted octanol–water partition coefficient (Wildman–Crippen LogP) is 3.78. The summed E-state index contributed by atoms with van der Waals surface area (Å²) >= 11 is 0. The van der Waals surface area contributed by atoms with Gasteiger partial charge in [0.2, 0.25) is 0 Å². The topological polar surface area (TPSA) is 41.5 Å². The number of aromatic hydroxyl groups is 1. The van der Waals surface area contributed by atoms with Gasteiger partial charge in [-0.1, -0.05) is 43.7 Å². The van der Waals surface area contributed by atoms with Gasteiger partial charge in [-0.05, 0) is 30.7 Å². The lowest BCUT2D eigenvalue weighted by molar-refractivity contribution is 0.301. The third-order valence-electron chi connectivity index (χ3n) is 3.22. The average molecular weight is 285 g/mol. The Bertz CT molecular complexity index is 594. The number of nitrogens with one attached hydrogen (secondary N) is 1. The Hall–Kier alpha value is -2.00. The molecule has 0 aliphatic heterocycles. The second-order valence-corrected chi connectivity index (χ2v) is 5.61. The highest BCUT2D eigenvalue weighted by atomic mass is 16.5. The van der Waals surface area contributed by atoms with Crippen LogP contribution in [0.2, 0.25) is 0 Å². The Morgan fingerprint density at radius 1 is 1.14 bits per heavy atom. The van der Waals surface area contributed by atoms with Gasteiger partial charge in [-0.3, -0.25) is 0 Å². The second-order valence-electron chi connectivity index (χ2n) is 5.61. The third kappa shape index (κ3) is 4.80. The molecule has 0 unspecified atom stereocenters. The van der Waals surface area contributed by atoms with Crippen LogP contribution in [-0.4, -0.2) is 11.1 Å². The molecule has 2 aromatic rings. The van der Waals surface area contributed by atoms with E-state index >= 15 is 0 Å². The fourth-order valence-electron chi connectivity index (χ4n) is 2.11. The van der Waals surface area contributed by atoms with Gasteiger partial charge in [-0.25, -0.2) is 0 Å². The molecule has 2 N–H and O–H groups in total. The van der Waals surface area contributed by atoms with Crippen molar-refractivity contribution in [2.24, 2.45) is 0 Å². The average Bonchev–Trinajstić information content (AvgIpc) is 2.44. The quantitative estimate of drug-likeness (QED) is 0.848. The molecule has 0 aromatic heterocycles. The van der Waals surface area contributed by atoms with Crippen LogP contribution in [0.4, 0.5) is 0 Å². The van der Waals surface area contributed by atoms with Crippen LogP contribution in [0, 0.1) is 6.92 Å². The van der Waals surface area contributed by atoms with Gasteiger partial charge in [0.15, 0.2) is 0 Å². The van der Waals surface area contributed by atoms with Crippen molar-refractivity contribution in [3.63, 3.8) is 0 Å². The van der Waals surface area contributed by atoms with Gasteiger partial charge in [0, 0.05) is 18.2 Å². The fraction of sp³-hybridized carbons (Fsp3) is 0.333. The van der Waals surface area contributed by atoms with Crippen molar-refractivity contribution >= 4 is 0 Å². The molecule has 2 aromatic carbocycles. The lowest BCUT2D eigenvalue weighted by Crippen LogP contribution is -2.22. The minimum Gasteiger partial charge on any atom is -0.508 e. The van der Waals surface area contributed by atoms with Crippen LogP contribution in [0.3, 0.4) is 0 Å². The summed E-state index contributed by atoms with van der Waals surface area (Å²) in [6.45, 7) is 7.57. The Morgan fingerprint density at radius 3 is 2.67 bits per heavy atom. The van der Waals surface area contributed by atoms with E-state index in [2.05, 4.69) is 38.2 Å². The summed E-state index contributed by atoms with van der Waals surface area (Å²) in [6.07, 6.45) is 0. The molecule has 0 saturated carbocycles. The summed E-state index contributed by atoms with van der Waals surface area (Å²) in [4.78, 5) is 0. The summed E-state index contributed by atoms with van der Waals surface area (Å²) in [5, 5.41) is 12.9. The first kappa shape index (κ1) is 15.4. The van der Waals surface area contributed by atoms with Crippen LogP contribution in [0.15, 0.2) is 42.5 Å². The maximum absolute atomic E-state index is 9.48. The minimum absolute atomic E-state index is 0.265. The first-order valence-electron chi connectivity index (χ1n) is 7.28. The van der Waals surface area contributed by atoms with Crippen molar-refractivity contribution in [2.75, 3.05) is 0 Å². The monoisotopic (exact) mass is 285 g/mol. The lowest BCUT2D eigenvalue weighted by atomic mass is 10.1. The summed E-state index contributed by atoms with van der Waals surface area (Å²) in [6, 6.07) is 13.8. The van der Waals surface area contributed by atoms with E-state index in [4.69, 9.17) is 4.74 Å². The number of phenols is 1. The second kappa shape index (κ2) is 7.14. The molecule has 0 fully saturated rings. The molecule has 112 valence electrons. The normalized spacial score (nSPS) is 10.9. The maximum Gasteiger partial charge on any atom is 0.124 e. The summed E-state index contributed by atoms with van der Waals surface area (Å²) < 4.78 is 5.91. The third-order valence-corrected chi connectivity index (χ3v) is 3.22. The molecule has 0 saturated heterocycles. The molecular formula is C18H23NO2. The van der Waals surface area contributed by atoms with Crippen molar-refractivity contribution in [1.82, 2.24) is 5.32 Å². The largest absolute Gasteiger partial charge is 0.508 e. The molecule has 0 heterocycles. The van der Waals surface area contributed by atoms with Crippen LogP contribution in [0.5, 0.6) is 11.5 Å². The van der Waals surface area contributed by atoms with E-state index in [1.54, 1.807) is 12.1 Å². The molecule has 21 heavy (non-hydrogen) atoms. The van der Waals surface area contributed by atoms with Gasteiger partial charge >= 0.3 is 0 Å². The molecule has 2 rings (SSSR count). The molecule has 3 heteroatoms. The smallest absolute Gasteiger partial charge is 0.124 e. The predicted molar refractivity (Wildman–Crippen MR) is 85.6 cm³/mol. The number of aryl methyl sites for hydroxylation is 1. The molecule has 0 amide bonds. The van der Waals surface area contributed by atoms with Crippen LogP contribution in [0.25, 0.3) is 0 Å². The molecule has 0 radical (unpaired) electrons. The van der Waals surface area contributed by atoms with E-state index in [9.17, 15) is 5.11 Å². The van der Waals surface area contributed by atoms with E-state index in [-0.39, 0.29) is 5.75 Å². The maximum atomic E-state index is 9.48. The van der Waals surface area contributed by atoms with Crippen molar-refractivity contribution in [1.29, 1.82) is 0 Å². The van der Waals surface area contributed by atoms with Gasteiger partial charge in [0.1, 0.15) is 18.1 Å². The highest BCUT2D eigenvalue weighted by Crippen LogP contribution is 2.22. The molecule has 0 aliphatic rings. The van der Waals surface area contributed by atoms with Gasteiger partial charge < -0.3 is 15.2 Å². The molecule has 0 spiro atoms. The molecular weight excluding hydrogens is 262 g/mol. The number of hydrogen-bond acceptors (Lipinski definition) is 3.